The second-order valence-electron chi connectivity index (χ2n) is 17.0. The number of hydrogen-bond acceptors (Lipinski definition) is 16. The van der Waals surface area contributed by atoms with E-state index in [1.807, 2.05) is 32.0 Å². The largest absolute Gasteiger partial charge is 0.508 e. The van der Waals surface area contributed by atoms with Crippen LogP contribution in [0, 0.1) is 19.8 Å². The van der Waals surface area contributed by atoms with E-state index >= 15 is 0 Å². The van der Waals surface area contributed by atoms with Gasteiger partial charge in [0, 0.05) is 42.3 Å². The number of phenolic OH excluding ortho intramolecular Hbond substituents is 1. The number of nitrogens with one attached hydrogen (secondary N) is 2. The van der Waals surface area contributed by atoms with Crippen molar-refractivity contribution < 1.29 is 73.9 Å². The Labute approximate surface area is 375 Å². The number of carbonyl (C=O) groups excluding carboxylic acids is 1. The van der Waals surface area contributed by atoms with E-state index < -0.39 is 91.2 Å². The molecule has 1 saturated heterocycles. The van der Waals surface area contributed by atoms with Gasteiger partial charge in [-0.25, -0.2) is 0 Å². The number of aliphatic hydroxyl groups is 6. The van der Waals surface area contributed by atoms with Crippen molar-refractivity contribution in [3.63, 3.8) is 0 Å². The van der Waals surface area contributed by atoms with Gasteiger partial charge in [-0.15, -0.1) is 0 Å². The van der Waals surface area contributed by atoms with Crippen LogP contribution in [0.5, 0.6) is 11.5 Å². The van der Waals surface area contributed by atoms with E-state index in [9.17, 15) is 55.2 Å². The lowest BCUT2D eigenvalue weighted by Crippen LogP contribution is -2.70. The smallest absolute Gasteiger partial charge is 0.327 e. The summed E-state index contributed by atoms with van der Waals surface area (Å²) in [5.74, 6) is -9.53. The van der Waals surface area contributed by atoms with Crippen LogP contribution in [-0.2, 0) is 19.1 Å². The van der Waals surface area contributed by atoms with E-state index in [0.717, 1.165) is 24.0 Å². The molecule has 0 radical (unpaired) electrons. The van der Waals surface area contributed by atoms with Crippen molar-refractivity contribution in [2.75, 3.05) is 13.2 Å². The average Bonchev–Trinajstić information content (AvgIpc) is 4.02. The number of phenols is 1. The highest BCUT2D eigenvalue weighted by atomic mass is 16.8. The summed E-state index contributed by atoms with van der Waals surface area (Å²) in [6.45, 7) is 1.55. The van der Waals surface area contributed by atoms with Gasteiger partial charge in [-0.1, -0.05) is 42.2 Å². The minimum atomic E-state index is -3.32. The lowest BCUT2D eigenvalue weighted by molar-refractivity contribution is -0.356. The zero-order chi connectivity index (χ0) is 47.1. The van der Waals surface area contributed by atoms with E-state index in [1.165, 1.54) is 41.3 Å². The van der Waals surface area contributed by atoms with Crippen LogP contribution in [0.1, 0.15) is 43.2 Å². The summed E-state index contributed by atoms with van der Waals surface area (Å²) < 4.78 is 24.8. The topological polar surface area (TPSA) is 296 Å². The number of aromatic hydroxyl groups is 1. The monoisotopic (exact) mass is 913 g/mol. The third-order valence-corrected chi connectivity index (χ3v) is 12.2. The number of carboxylic acids is 1. The summed E-state index contributed by atoms with van der Waals surface area (Å²) in [5.41, 5.74) is 1.45. The van der Waals surface area contributed by atoms with Crippen LogP contribution < -0.4 is 20.3 Å². The molecular formula is C47H51N3O16. The van der Waals surface area contributed by atoms with Crippen molar-refractivity contribution in [2.45, 2.75) is 94.2 Å². The molecule has 19 nitrogen and oxygen atoms in total. The first-order valence-electron chi connectivity index (χ1n) is 21.4. The van der Waals surface area contributed by atoms with E-state index in [2.05, 4.69) is 10.3 Å². The van der Waals surface area contributed by atoms with Crippen LogP contribution in [0.2, 0.25) is 0 Å². The summed E-state index contributed by atoms with van der Waals surface area (Å²) >= 11 is 0. The predicted molar refractivity (Wildman–Crippen MR) is 234 cm³/mol. The van der Waals surface area contributed by atoms with Crippen molar-refractivity contribution in [1.82, 2.24) is 15.0 Å². The number of H-pyrrole nitrogens is 1. The standard InChI is InChI=1S/C47H51N3O16/c1-24-17-25(2)19-28(18-24)37-36-27(13-15-48-36)21-50(37)66-41-39(55)40(56)42(47(61,23-52)65-44(59)35(43(57)58)46(60,14-16-51)49-29-5-3-4-6-29)64-45(41)63-31-11-12-32-34(20-31)62-22-33(38(32)54)26-7-9-30(53)10-8-26/h7-13,15,17-22,29,35,39-42,45,48-49,51-53,55-56,60-61H,3-6,14,16,23H2,1-2H3,(H,57,58). The van der Waals surface area contributed by atoms with Gasteiger partial charge in [0.1, 0.15) is 53.6 Å². The molecule has 8 unspecified atom stereocenters. The van der Waals surface area contributed by atoms with Gasteiger partial charge in [-0.3, -0.25) is 19.7 Å². The maximum atomic E-state index is 13.9. The Bertz CT molecular complexity index is 2760. The highest BCUT2D eigenvalue weighted by molar-refractivity contribution is 5.96. The number of ether oxygens (including phenoxy) is 3. The Hall–Kier alpha value is -6.29. The normalized spacial score (nSPS) is 22.5. The molecule has 4 heterocycles. The highest BCUT2D eigenvalue weighted by Crippen LogP contribution is 2.37. The van der Waals surface area contributed by atoms with Crippen LogP contribution in [0.3, 0.4) is 0 Å². The number of aliphatic hydroxyl groups excluding tert-OH is 4. The van der Waals surface area contributed by atoms with E-state index in [4.69, 9.17) is 23.5 Å². The Morgan fingerprint density at radius 2 is 1.67 bits per heavy atom. The quantitative estimate of drug-likeness (QED) is 0.0379. The third kappa shape index (κ3) is 8.99. The van der Waals surface area contributed by atoms with Crippen molar-refractivity contribution in [3.8, 4) is 33.9 Å². The van der Waals surface area contributed by atoms with Crippen LogP contribution in [-0.4, -0.2) is 124 Å². The molecule has 2 fully saturated rings. The molecule has 1 aliphatic carbocycles. The number of fused-ring (bicyclic) bond motifs is 2. The SMILES string of the molecule is Cc1cc(C)cc(-c2c3[nH]ccc3cn2OC2C(Oc3ccc4c(=O)c(-c5ccc(O)cc5)coc4c3)OC(C(O)(CO)OC(=O)C(C(=O)O)C(O)(CCO)NC3CCCC3)C(O)C2O)c1. The van der Waals surface area contributed by atoms with Gasteiger partial charge in [-0.05, 0) is 74.7 Å². The molecule has 3 aromatic carbocycles. The lowest BCUT2D eigenvalue weighted by atomic mass is 9.90. The van der Waals surface area contributed by atoms with Crippen LogP contribution in [0.15, 0.2) is 94.6 Å². The summed E-state index contributed by atoms with van der Waals surface area (Å²) in [4.78, 5) is 49.8. The molecule has 3 aromatic heterocycles. The van der Waals surface area contributed by atoms with Gasteiger partial charge in [0.2, 0.25) is 12.4 Å². The fourth-order valence-electron chi connectivity index (χ4n) is 8.97. The molecule has 8 rings (SSSR count). The number of aliphatic carboxylic acids is 1. The summed E-state index contributed by atoms with van der Waals surface area (Å²) in [7, 11) is 0. The lowest BCUT2D eigenvalue weighted by Gasteiger charge is -2.46. The number of carboxylic acid groups (broad SMARTS) is 1. The fraction of sp³-hybridized carbons (Fsp3) is 0.383. The second-order valence-corrected chi connectivity index (χ2v) is 17.0. The number of carbonyl (C=O) groups is 2. The molecule has 0 bridgehead atoms. The molecule has 1 aliphatic heterocycles. The number of nitrogens with zero attached hydrogens (tertiary/aromatic N) is 1. The molecule has 1 saturated carbocycles. The van der Waals surface area contributed by atoms with Crippen LogP contribution in [0.25, 0.3) is 44.3 Å². The minimum absolute atomic E-state index is 0.00538. The number of aromatic nitrogens is 2. The third-order valence-electron chi connectivity index (χ3n) is 12.2. The zero-order valence-corrected chi connectivity index (χ0v) is 35.9. The molecule has 0 amide bonds. The summed E-state index contributed by atoms with van der Waals surface area (Å²) in [5, 5.41) is 91.2. The summed E-state index contributed by atoms with van der Waals surface area (Å²) in [6, 6.07) is 17.2. The second kappa shape index (κ2) is 18.5. The maximum Gasteiger partial charge on any atom is 0.327 e. The van der Waals surface area contributed by atoms with Gasteiger partial charge in [-0.2, -0.15) is 4.73 Å². The van der Waals surface area contributed by atoms with Gasteiger partial charge in [0.05, 0.1) is 22.7 Å². The Morgan fingerprint density at radius 1 is 0.955 bits per heavy atom. The Morgan fingerprint density at radius 3 is 2.33 bits per heavy atom. The summed E-state index contributed by atoms with van der Waals surface area (Å²) in [6.07, 6.45) is -3.69. The van der Waals surface area contributed by atoms with Crippen molar-refractivity contribution in [2.24, 2.45) is 5.92 Å². The van der Waals surface area contributed by atoms with Gasteiger partial charge in [0.15, 0.2) is 17.5 Å². The number of aryl methyl sites for hydroxylation is 2. The van der Waals surface area contributed by atoms with Crippen molar-refractivity contribution in [1.29, 1.82) is 0 Å². The van der Waals surface area contributed by atoms with Gasteiger partial charge < -0.3 is 69.3 Å². The minimum Gasteiger partial charge on any atom is -0.508 e. The van der Waals surface area contributed by atoms with Crippen molar-refractivity contribution >= 4 is 33.8 Å². The average molecular weight is 914 g/mol. The Balaban J connectivity index is 1.16. The molecule has 8 atom stereocenters. The maximum absolute atomic E-state index is 13.9. The first-order valence-corrected chi connectivity index (χ1v) is 21.4. The Kier molecular flexibility index (Phi) is 13.0. The van der Waals surface area contributed by atoms with Gasteiger partial charge >= 0.3 is 11.9 Å². The van der Waals surface area contributed by atoms with Crippen LogP contribution in [0.4, 0.5) is 0 Å². The van der Waals surface area contributed by atoms with E-state index in [-0.39, 0.29) is 28.0 Å². The van der Waals surface area contributed by atoms with E-state index in [1.54, 1.807) is 30.6 Å². The zero-order valence-electron chi connectivity index (χ0n) is 35.9. The molecular weight excluding hydrogens is 863 g/mol. The molecule has 10 N–H and O–H groups in total. The number of esters is 1. The van der Waals surface area contributed by atoms with Crippen molar-refractivity contribution in [3.05, 3.63) is 107 Å². The number of benzene rings is 3. The predicted octanol–water partition coefficient (Wildman–Crippen LogP) is 2.58. The molecule has 2 aliphatic rings. The number of aromatic amines is 1. The first-order chi connectivity index (χ1) is 31.5. The first kappa shape index (κ1) is 46.2. The number of hydrogen-bond donors (Lipinski definition) is 10. The molecule has 350 valence electrons. The fourth-order valence-corrected chi connectivity index (χ4v) is 8.97. The van der Waals surface area contributed by atoms with Crippen LogP contribution >= 0.6 is 0 Å². The van der Waals surface area contributed by atoms with Gasteiger partial charge in [0.25, 0.3) is 5.79 Å². The van der Waals surface area contributed by atoms with E-state index in [0.29, 0.717) is 40.6 Å². The molecule has 19 heteroatoms. The highest BCUT2D eigenvalue weighted by Gasteiger charge is 2.59. The molecule has 0 spiro atoms. The number of rotatable bonds is 16. The molecule has 6 aromatic rings. The molecule has 66 heavy (non-hydrogen) atoms.